The summed E-state index contributed by atoms with van der Waals surface area (Å²) < 4.78 is 27.7. The smallest absolute Gasteiger partial charge is 0.136 e. The minimum absolute atomic E-state index is 0.139. The van der Waals surface area contributed by atoms with Crippen molar-refractivity contribution in [2.24, 2.45) is 0 Å². The molecule has 2 aromatic rings. The van der Waals surface area contributed by atoms with E-state index in [0.29, 0.717) is 16.2 Å². The third kappa shape index (κ3) is 4.29. The van der Waals surface area contributed by atoms with Crippen molar-refractivity contribution in [3.63, 3.8) is 0 Å². The van der Waals surface area contributed by atoms with E-state index in [1.165, 1.54) is 23.9 Å². The van der Waals surface area contributed by atoms with Gasteiger partial charge in [-0.25, -0.2) is 8.78 Å². The minimum atomic E-state index is -0.234. The van der Waals surface area contributed by atoms with Gasteiger partial charge in [-0.05, 0) is 31.7 Å². The highest BCUT2D eigenvalue weighted by molar-refractivity contribution is 7.99. The van der Waals surface area contributed by atoms with Crippen LogP contribution in [0.2, 0.25) is 0 Å². The van der Waals surface area contributed by atoms with E-state index in [-0.39, 0.29) is 17.7 Å². The maximum atomic E-state index is 14.0. The Morgan fingerprint density at radius 2 is 1.86 bits per heavy atom. The first kappa shape index (κ1) is 16.0. The van der Waals surface area contributed by atoms with Gasteiger partial charge in [0, 0.05) is 22.3 Å². The number of thioether (sulfide) groups is 1. The highest BCUT2D eigenvalue weighted by atomic mass is 32.2. The molecule has 112 valence electrons. The topological polar surface area (TPSA) is 12.0 Å². The molecule has 0 aliphatic carbocycles. The number of nitrogens with one attached hydrogen (secondary N) is 1. The van der Waals surface area contributed by atoms with Crippen molar-refractivity contribution in [1.82, 2.24) is 5.32 Å². The summed E-state index contributed by atoms with van der Waals surface area (Å²) in [7, 11) is 0. The van der Waals surface area contributed by atoms with E-state index < -0.39 is 0 Å². The fourth-order valence-corrected chi connectivity index (χ4v) is 3.19. The highest BCUT2D eigenvalue weighted by Crippen LogP contribution is 2.28. The lowest BCUT2D eigenvalue weighted by molar-refractivity contribution is 0.544. The predicted octanol–water partition coefficient (Wildman–Crippen LogP) is 4.72. The zero-order chi connectivity index (χ0) is 15.2. The first-order valence-corrected chi connectivity index (χ1v) is 7.97. The van der Waals surface area contributed by atoms with Crippen LogP contribution in [0.15, 0.2) is 47.4 Å². The van der Waals surface area contributed by atoms with Crippen LogP contribution < -0.4 is 5.32 Å². The van der Waals surface area contributed by atoms with Crippen LogP contribution in [0.3, 0.4) is 0 Å². The fourth-order valence-electron chi connectivity index (χ4n) is 2.17. The third-order valence-corrected chi connectivity index (χ3v) is 4.36. The number of aryl methyl sites for hydroxylation is 1. The van der Waals surface area contributed by atoms with Gasteiger partial charge in [0.05, 0.1) is 0 Å². The zero-order valence-electron chi connectivity index (χ0n) is 12.2. The lowest BCUT2D eigenvalue weighted by Gasteiger charge is -2.19. The van der Waals surface area contributed by atoms with Gasteiger partial charge in [0.2, 0.25) is 0 Å². The molecule has 0 aromatic heterocycles. The quantitative estimate of drug-likeness (QED) is 0.775. The third-order valence-electron chi connectivity index (χ3n) is 3.22. The number of rotatable bonds is 6. The van der Waals surface area contributed by atoms with E-state index in [1.807, 2.05) is 19.9 Å². The van der Waals surface area contributed by atoms with Crippen LogP contribution in [0.1, 0.15) is 24.1 Å². The minimum Gasteiger partial charge on any atom is -0.309 e. The van der Waals surface area contributed by atoms with Crippen LogP contribution in [0, 0.1) is 18.6 Å². The Morgan fingerprint density at radius 1 is 1.10 bits per heavy atom. The van der Waals surface area contributed by atoms with E-state index in [4.69, 9.17) is 0 Å². The summed E-state index contributed by atoms with van der Waals surface area (Å²) in [6.07, 6.45) is 0. The number of halogens is 2. The molecule has 0 bridgehead atoms. The van der Waals surface area contributed by atoms with Gasteiger partial charge in [-0.15, -0.1) is 11.8 Å². The highest BCUT2D eigenvalue weighted by Gasteiger charge is 2.16. The molecular weight excluding hydrogens is 288 g/mol. The molecule has 0 saturated carbocycles. The summed E-state index contributed by atoms with van der Waals surface area (Å²) in [4.78, 5) is 0.591. The zero-order valence-corrected chi connectivity index (χ0v) is 13.0. The molecule has 1 N–H and O–H groups in total. The summed E-state index contributed by atoms with van der Waals surface area (Å²) in [5, 5.41) is 3.27. The first-order valence-electron chi connectivity index (χ1n) is 6.98. The molecular formula is C17H19F2NS. The summed E-state index contributed by atoms with van der Waals surface area (Å²) >= 11 is 1.40. The second-order valence-electron chi connectivity index (χ2n) is 4.88. The second-order valence-corrected chi connectivity index (χ2v) is 5.94. The van der Waals surface area contributed by atoms with Crippen molar-refractivity contribution < 1.29 is 8.78 Å². The molecule has 0 fully saturated rings. The SMILES string of the molecule is CCNC(CSc1ccccc1F)c1cc(C)ccc1F. The van der Waals surface area contributed by atoms with Crippen molar-refractivity contribution >= 4 is 11.8 Å². The molecule has 2 aromatic carbocycles. The van der Waals surface area contributed by atoms with Crippen molar-refractivity contribution in [2.75, 3.05) is 12.3 Å². The number of benzene rings is 2. The Morgan fingerprint density at radius 3 is 2.57 bits per heavy atom. The molecule has 2 rings (SSSR count). The lowest BCUT2D eigenvalue weighted by Crippen LogP contribution is -2.24. The largest absolute Gasteiger partial charge is 0.309 e. The Balaban J connectivity index is 2.16. The fraction of sp³-hybridized carbons (Fsp3) is 0.294. The van der Waals surface area contributed by atoms with Crippen molar-refractivity contribution in [3.8, 4) is 0 Å². The molecule has 0 aliphatic rings. The van der Waals surface area contributed by atoms with E-state index in [2.05, 4.69) is 5.32 Å². The standard InChI is InChI=1S/C17H19F2NS/c1-3-20-16(13-10-12(2)8-9-14(13)18)11-21-17-7-5-4-6-15(17)19/h4-10,16,20H,3,11H2,1-2H3. The Kier molecular flexibility index (Phi) is 5.76. The maximum Gasteiger partial charge on any atom is 0.136 e. The van der Waals surface area contributed by atoms with Gasteiger partial charge in [0.15, 0.2) is 0 Å². The molecule has 0 heterocycles. The van der Waals surface area contributed by atoms with Crippen LogP contribution in [-0.2, 0) is 0 Å². The Hall–Kier alpha value is -1.39. The normalized spacial score (nSPS) is 12.4. The van der Waals surface area contributed by atoms with Gasteiger partial charge in [0.1, 0.15) is 11.6 Å². The first-order chi connectivity index (χ1) is 10.1. The molecule has 4 heteroatoms. The van der Waals surface area contributed by atoms with Gasteiger partial charge in [0.25, 0.3) is 0 Å². The van der Waals surface area contributed by atoms with Gasteiger partial charge >= 0.3 is 0 Å². The molecule has 0 amide bonds. The number of hydrogen-bond acceptors (Lipinski definition) is 2. The van der Waals surface area contributed by atoms with Crippen molar-refractivity contribution in [3.05, 3.63) is 65.2 Å². The van der Waals surface area contributed by atoms with Gasteiger partial charge in [-0.2, -0.15) is 0 Å². The van der Waals surface area contributed by atoms with Crippen LogP contribution in [0.5, 0.6) is 0 Å². The molecule has 0 saturated heterocycles. The van der Waals surface area contributed by atoms with E-state index in [9.17, 15) is 8.78 Å². The summed E-state index contributed by atoms with van der Waals surface area (Å²) in [6.45, 7) is 4.65. The van der Waals surface area contributed by atoms with E-state index >= 15 is 0 Å². The van der Waals surface area contributed by atoms with Crippen LogP contribution in [-0.4, -0.2) is 12.3 Å². The molecule has 0 aliphatic heterocycles. The van der Waals surface area contributed by atoms with Crippen molar-refractivity contribution in [2.45, 2.75) is 24.8 Å². The lowest BCUT2D eigenvalue weighted by atomic mass is 10.0. The summed E-state index contributed by atoms with van der Waals surface area (Å²) in [5.41, 5.74) is 1.66. The monoisotopic (exact) mass is 307 g/mol. The molecule has 0 spiro atoms. The average Bonchev–Trinajstić information content (AvgIpc) is 2.48. The molecule has 1 atom stereocenters. The Bertz CT molecular complexity index is 601. The molecule has 1 unspecified atom stereocenters. The van der Waals surface area contributed by atoms with Gasteiger partial charge < -0.3 is 5.32 Å². The predicted molar refractivity (Wildman–Crippen MR) is 84.7 cm³/mol. The van der Waals surface area contributed by atoms with Crippen LogP contribution in [0.4, 0.5) is 8.78 Å². The molecule has 1 nitrogen and oxygen atoms in total. The van der Waals surface area contributed by atoms with E-state index in [0.717, 1.165) is 12.1 Å². The van der Waals surface area contributed by atoms with E-state index in [1.54, 1.807) is 24.3 Å². The Labute approximate surface area is 128 Å². The van der Waals surface area contributed by atoms with Crippen LogP contribution in [0.25, 0.3) is 0 Å². The summed E-state index contributed by atoms with van der Waals surface area (Å²) in [5.74, 6) is 0.123. The molecule has 21 heavy (non-hydrogen) atoms. The van der Waals surface area contributed by atoms with Gasteiger partial charge in [-0.1, -0.05) is 36.8 Å². The maximum absolute atomic E-state index is 14.0. The average molecular weight is 307 g/mol. The second kappa shape index (κ2) is 7.57. The van der Waals surface area contributed by atoms with Gasteiger partial charge in [-0.3, -0.25) is 0 Å². The van der Waals surface area contributed by atoms with Crippen molar-refractivity contribution in [1.29, 1.82) is 0 Å². The summed E-state index contributed by atoms with van der Waals surface area (Å²) in [6, 6.07) is 11.6. The molecule has 0 radical (unpaired) electrons. The number of hydrogen-bond donors (Lipinski definition) is 1. The van der Waals surface area contributed by atoms with Crippen LogP contribution >= 0.6 is 11.8 Å².